The second-order valence-electron chi connectivity index (χ2n) is 9.47. The van der Waals surface area contributed by atoms with Crippen LogP contribution in [-0.4, -0.2) is 124 Å². The van der Waals surface area contributed by atoms with Gasteiger partial charge >= 0.3 is 12.1 Å². The lowest BCUT2D eigenvalue weighted by Gasteiger charge is -2.13. The van der Waals surface area contributed by atoms with Crippen LogP contribution in [0.25, 0.3) is 0 Å². The number of hydrogen-bond acceptors (Lipinski definition) is 11. The smallest absolute Gasteiger partial charge is 0.416 e. The Morgan fingerprint density at radius 2 is 1.00 bits per heavy atom. The molecular formula is C32H45BrF3NO10. The van der Waals surface area contributed by atoms with E-state index in [-0.39, 0.29) is 24.5 Å². The molecule has 0 fully saturated rings. The first-order valence-corrected chi connectivity index (χ1v) is 16.4. The fourth-order valence-electron chi connectivity index (χ4n) is 3.67. The first-order chi connectivity index (χ1) is 22.9. The van der Waals surface area contributed by atoms with Gasteiger partial charge in [-0.15, -0.1) is 0 Å². The normalized spacial score (nSPS) is 11.6. The molecule has 0 aliphatic rings. The third-order valence-corrected chi connectivity index (χ3v) is 6.23. The van der Waals surface area contributed by atoms with Gasteiger partial charge in [0, 0.05) is 11.0 Å². The van der Waals surface area contributed by atoms with Crippen molar-refractivity contribution >= 4 is 33.3 Å². The zero-order chi connectivity index (χ0) is 33.8. The van der Waals surface area contributed by atoms with E-state index >= 15 is 0 Å². The molecule has 2 aromatic rings. The number of anilines is 2. The fourth-order valence-corrected chi connectivity index (χ4v) is 3.89. The molecule has 266 valence electrons. The van der Waals surface area contributed by atoms with Gasteiger partial charge in [-0.1, -0.05) is 34.1 Å². The highest BCUT2D eigenvalue weighted by atomic mass is 79.9. The average Bonchev–Trinajstić information content (AvgIpc) is 3.06. The van der Waals surface area contributed by atoms with Crippen molar-refractivity contribution in [3.8, 4) is 0 Å². The number of nitrogens with one attached hydrogen (secondary N) is 1. The molecule has 0 aliphatic heterocycles. The Morgan fingerprint density at radius 3 is 1.45 bits per heavy atom. The van der Waals surface area contributed by atoms with Crippen molar-refractivity contribution in [2.45, 2.75) is 6.18 Å². The summed E-state index contributed by atoms with van der Waals surface area (Å²) in [6, 6.07) is 11.1. The highest BCUT2D eigenvalue weighted by molar-refractivity contribution is 9.09. The van der Waals surface area contributed by atoms with Gasteiger partial charge < -0.3 is 47.9 Å². The van der Waals surface area contributed by atoms with Crippen molar-refractivity contribution in [3.05, 3.63) is 59.7 Å². The molecule has 0 atom stereocenters. The van der Waals surface area contributed by atoms with Gasteiger partial charge in [-0.05, 0) is 30.3 Å². The van der Waals surface area contributed by atoms with Crippen molar-refractivity contribution in [2.24, 2.45) is 0 Å². The van der Waals surface area contributed by atoms with Gasteiger partial charge in [-0.2, -0.15) is 13.2 Å². The van der Waals surface area contributed by atoms with Crippen LogP contribution >= 0.6 is 15.9 Å². The van der Waals surface area contributed by atoms with E-state index in [1.165, 1.54) is 18.2 Å². The number of esters is 1. The summed E-state index contributed by atoms with van der Waals surface area (Å²) in [5.41, 5.74) is -0.0809. The van der Waals surface area contributed by atoms with E-state index < -0.39 is 17.7 Å². The number of para-hydroxylation sites is 1. The molecule has 0 spiro atoms. The molecule has 47 heavy (non-hydrogen) atoms. The van der Waals surface area contributed by atoms with E-state index in [0.29, 0.717) is 105 Å². The minimum atomic E-state index is -4.47. The van der Waals surface area contributed by atoms with Crippen molar-refractivity contribution in [1.29, 1.82) is 0 Å². The van der Waals surface area contributed by atoms with E-state index in [0.717, 1.165) is 17.5 Å². The Labute approximate surface area is 282 Å². The van der Waals surface area contributed by atoms with Gasteiger partial charge in [-0.25, -0.2) is 4.79 Å². The van der Waals surface area contributed by atoms with Gasteiger partial charge in [-0.3, -0.25) is 0 Å². The Balaban J connectivity index is 1.37. The van der Waals surface area contributed by atoms with Crippen LogP contribution in [0.2, 0.25) is 0 Å². The molecule has 0 saturated carbocycles. The Kier molecular flexibility index (Phi) is 23.1. The molecule has 0 heterocycles. The van der Waals surface area contributed by atoms with Crippen LogP contribution in [0.3, 0.4) is 0 Å². The Hall–Kier alpha value is -2.34. The van der Waals surface area contributed by atoms with Gasteiger partial charge in [0.1, 0.15) is 6.61 Å². The number of alkyl halides is 4. The van der Waals surface area contributed by atoms with Gasteiger partial charge in [0.05, 0.1) is 123 Å². The number of carbonyl (C=O) groups is 1. The minimum absolute atomic E-state index is 0.00283. The van der Waals surface area contributed by atoms with Crippen LogP contribution in [-0.2, 0) is 48.8 Å². The maximum absolute atomic E-state index is 13.0. The van der Waals surface area contributed by atoms with Crippen LogP contribution in [0.5, 0.6) is 0 Å². The largest absolute Gasteiger partial charge is 0.460 e. The van der Waals surface area contributed by atoms with E-state index in [2.05, 4.69) is 21.2 Å². The monoisotopic (exact) mass is 739 g/mol. The van der Waals surface area contributed by atoms with E-state index in [1.54, 1.807) is 18.2 Å². The second kappa shape index (κ2) is 26.6. The molecule has 1 N–H and O–H groups in total. The summed E-state index contributed by atoms with van der Waals surface area (Å²) < 4.78 is 87.6. The Morgan fingerprint density at radius 1 is 0.574 bits per heavy atom. The molecule has 0 amide bonds. The van der Waals surface area contributed by atoms with Crippen molar-refractivity contribution in [3.63, 3.8) is 0 Å². The molecule has 0 bridgehead atoms. The summed E-state index contributed by atoms with van der Waals surface area (Å²) in [5, 5.41) is 3.67. The molecule has 15 heteroatoms. The zero-order valence-electron chi connectivity index (χ0n) is 26.4. The molecule has 11 nitrogen and oxygen atoms in total. The van der Waals surface area contributed by atoms with Gasteiger partial charge in [0.15, 0.2) is 0 Å². The Bertz CT molecular complexity index is 1080. The highest BCUT2D eigenvalue weighted by Crippen LogP contribution is 2.32. The standard InChI is InChI=1S/C32H45BrF3NO10/c33-8-9-39-10-11-40-12-13-41-14-15-42-16-17-43-18-19-44-20-21-45-22-23-46-24-25-47-31(38)29-6-1-2-7-30(29)37-28-5-3-4-27(26-28)32(34,35)36/h1-7,26,37H,8-25H2. The predicted molar refractivity (Wildman–Crippen MR) is 172 cm³/mol. The summed E-state index contributed by atoms with van der Waals surface area (Å²) in [7, 11) is 0. The van der Waals surface area contributed by atoms with Crippen molar-refractivity contribution in [2.75, 3.05) is 123 Å². The first-order valence-electron chi connectivity index (χ1n) is 15.3. The fraction of sp³-hybridized carbons (Fsp3) is 0.594. The van der Waals surface area contributed by atoms with Crippen molar-refractivity contribution < 1.29 is 60.6 Å². The summed E-state index contributed by atoms with van der Waals surface area (Å²) in [5.74, 6) is -0.626. The van der Waals surface area contributed by atoms with E-state index in [9.17, 15) is 18.0 Å². The molecule has 0 saturated heterocycles. The minimum Gasteiger partial charge on any atom is -0.460 e. The second-order valence-corrected chi connectivity index (χ2v) is 10.3. The first kappa shape index (κ1) is 40.8. The number of halogens is 4. The number of carbonyl (C=O) groups excluding carboxylic acids is 1. The van der Waals surface area contributed by atoms with Gasteiger partial charge in [0.2, 0.25) is 0 Å². The number of hydrogen-bond donors (Lipinski definition) is 1. The summed E-state index contributed by atoms with van der Waals surface area (Å²) in [6.45, 7) is 7.28. The van der Waals surface area contributed by atoms with Crippen LogP contribution in [0.15, 0.2) is 48.5 Å². The third-order valence-electron chi connectivity index (χ3n) is 5.90. The highest BCUT2D eigenvalue weighted by Gasteiger charge is 2.30. The molecule has 0 radical (unpaired) electrons. The average molecular weight is 741 g/mol. The summed E-state index contributed by atoms with van der Waals surface area (Å²) in [4.78, 5) is 12.6. The number of benzene rings is 2. The molecule has 2 rings (SSSR count). The van der Waals surface area contributed by atoms with E-state index in [1.807, 2.05) is 0 Å². The summed E-state index contributed by atoms with van der Waals surface area (Å²) >= 11 is 3.29. The quantitative estimate of drug-likeness (QED) is 0.0681. The van der Waals surface area contributed by atoms with Crippen LogP contribution in [0.1, 0.15) is 15.9 Å². The third kappa shape index (κ3) is 20.6. The van der Waals surface area contributed by atoms with Crippen LogP contribution in [0, 0.1) is 0 Å². The predicted octanol–water partition coefficient (Wildman–Crippen LogP) is 5.13. The topological polar surface area (TPSA) is 112 Å². The van der Waals surface area contributed by atoms with Gasteiger partial charge in [0.25, 0.3) is 0 Å². The van der Waals surface area contributed by atoms with Crippen molar-refractivity contribution in [1.82, 2.24) is 0 Å². The molecule has 0 unspecified atom stereocenters. The maximum Gasteiger partial charge on any atom is 0.416 e. The van der Waals surface area contributed by atoms with E-state index in [4.69, 9.17) is 42.6 Å². The lowest BCUT2D eigenvalue weighted by Crippen LogP contribution is -2.16. The van der Waals surface area contributed by atoms with Crippen LogP contribution < -0.4 is 5.32 Å². The lowest BCUT2D eigenvalue weighted by molar-refractivity contribution is -0.137. The summed E-state index contributed by atoms with van der Waals surface area (Å²) in [6.07, 6.45) is -4.47. The SMILES string of the molecule is O=C(OCCOCCOCCOCCOCCOCCOCCOCCOCCBr)c1ccccc1Nc1cccc(C(F)(F)F)c1. The number of rotatable bonds is 29. The molecule has 0 aromatic heterocycles. The number of ether oxygens (including phenoxy) is 9. The lowest BCUT2D eigenvalue weighted by atomic mass is 10.1. The zero-order valence-corrected chi connectivity index (χ0v) is 28.0. The maximum atomic E-state index is 13.0. The molecule has 0 aliphatic carbocycles. The molecule has 2 aromatic carbocycles. The molecular weight excluding hydrogens is 695 g/mol. The van der Waals surface area contributed by atoms with Crippen LogP contribution in [0.4, 0.5) is 24.5 Å².